The van der Waals surface area contributed by atoms with Crippen LogP contribution in [0.25, 0.3) is 10.4 Å². The molecule has 0 aromatic rings. The van der Waals surface area contributed by atoms with Crippen LogP contribution in [0, 0.1) is 0 Å². The largest absolute Gasteiger partial charge is 0.330 e. The van der Waals surface area contributed by atoms with Crippen molar-refractivity contribution in [3.05, 3.63) is 22.7 Å². The van der Waals surface area contributed by atoms with Crippen molar-refractivity contribution in [3.8, 4) is 0 Å². The zero-order chi connectivity index (χ0) is 7.66. The van der Waals surface area contributed by atoms with Crippen LogP contribution < -0.4 is 5.73 Å². The first-order chi connectivity index (χ1) is 4.91. The van der Waals surface area contributed by atoms with Crippen LogP contribution in [0.5, 0.6) is 0 Å². The highest BCUT2D eigenvalue weighted by Gasteiger charge is 1.79. The number of hydrogen-bond acceptors (Lipinski definition) is 2. The molecular formula is C6H12N4. The summed E-state index contributed by atoms with van der Waals surface area (Å²) in [4.78, 5) is 2.57. The van der Waals surface area contributed by atoms with E-state index in [9.17, 15) is 0 Å². The zero-order valence-corrected chi connectivity index (χ0v) is 5.90. The fourth-order valence-electron chi connectivity index (χ4n) is 0.558. The Kier molecular flexibility index (Phi) is 7.22. The molecule has 0 fully saturated rings. The Morgan fingerprint density at radius 3 is 2.90 bits per heavy atom. The molecule has 0 bridgehead atoms. The van der Waals surface area contributed by atoms with Crippen LogP contribution in [0.2, 0.25) is 0 Å². The molecule has 4 nitrogen and oxygen atoms in total. The van der Waals surface area contributed by atoms with Crippen molar-refractivity contribution in [1.82, 2.24) is 0 Å². The molecule has 4 heteroatoms. The number of nitrogens with two attached hydrogens (primary N) is 1. The van der Waals surface area contributed by atoms with Crippen LogP contribution in [0.4, 0.5) is 0 Å². The molecule has 0 aliphatic carbocycles. The summed E-state index contributed by atoms with van der Waals surface area (Å²) >= 11 is 0. The lowest BCUT2D eigenvalue weighted by Gasteiger charge is -1.89. The number of azide groups is 1. The van der Waals surface area contributed by atoms with Gasteiger partial charge >= 0.3 is 0 Å². The molecule has 0 atom stereocenters. The fraction of sp³-hybridized carbons (Fsp3) is 0.667. The first-order valence-corrected chi connectivity index (χ1v) is 3.31. The third kappa shape index (κ3) is 7.01. The van der Waals surface area contributed by atoms with Crippen molar-refractivity contribution in [2.45, 2.75) is 19.3 Å². The number of allylic oxidation sites excluding steroid dienone is 1. The lowest BCUT2D eigenvalue weighted by molar-refractivity contribution is 0.758. The molecule has 0 aliphatic heterocycles. The molecular weight excluding hydrogens is 128 g/mol. The quantitative estimate of drug-likeness (QED) is 0.269. The van der Waals surface area contributed by atoms with E-state index in [1.807, 2.05) is 6.08 Å². The summed E-state index contributed by atoms with van der Waals surface area (Å²) in [6.07, 6.45) is 6.34. The molecule has 0 amide bonds. The zero-order valence-electron chi connectivity index (χ0n) is 5.90. The highest BCUT2D eigenvalue weighted by Crippen LogP contribution is 1.94. The van der Waals surface area contributed by atoms with Crippen molar-refractivity contribution >= 4 is 0 Å². The molecule has 10 heavy (non-hydrogen) atoms. The van der Waals surface area contributed by atoms with E-state index in [4.69, 9.17) is 11.3 Å². The molecule has 2 N–H and O–H groups in total. The maximum Gasteiger partial charge on any atom is 0.00474 e. The summed E-state index contributed by atoms with van der Waals surface area (Å²) in [5.74, 6) is 0. The van der Waals surface area contributed by atoms with Gasteiger partial charge in [-0.25, -0.2) is 0 Å². The molecule has 0 aliphatic rings. The van der Waals surface area contributed by atoms with Gasteiger partial charge < -0.3 is 5.73 Å². The molecule has 0 aromatic carbocycles. The molecule has 0 saturated carbocycles. The Balaban J connectivity index is 3.10. The van der Waals surface area contributed by atoms with Crippen LogP contribution in [0.15, 0.2) is 17.4 Å². The van der Waals surface area contributed by atoms with Gasteiger partial charge in [0.05, 0.1) is 0 Å². The van der Waals surface area contributed by atoms with E-state index in [-0.39, 0.29) is 0 Å². The fourth-order valence-corrected chi connectivity index (χ4v) is 0.558. The smallest absolute Gasteiger partial charge is 0.00474 e. The van der Waals surface area contributed by atoms with Crippen LogP contribution in [-0.2, 0) is 0 Å². The van der Waals surface area contributed by atoms with Gasteiger partial charge in [-0.05, 0) is 37.5 Å². The van der Waals surface area contributed by atoms with Crippen molar-refractivity contribution in [3.63, 3.8) is 0 Å². The van der Waals surface area contributed by atoms with E-state index >= 15 is 0 Å². The van der Waals surface area contributed by atoms with E-state index in [0.717, 1.165) is 25.8 Å². The van der Waals surface area contributed by atoms with Gasteiger partial charge in [-0.2, -0.15) is 0 Å². The van der Waals surface area contributed by atoms with E-state index in [1.165, 1.54) is 6.20 Å². The van der Waals surface area contributed by atoms with Gasteiger partial charge in [0.15, 0.2) is 0 Å². The van der Waals surface area contributed by atoms with Crippen molar-refractivity contribution < 1.29 is 0 Å². The maximum atomic E-state index is 7.86. The molecule has 0 radical (unpaired) electrons. The average molecular weight is 140 g/mol. The predicted molar refractivity (Wildman–Crippen MR) is 41.2 cm³/mol. The minimum atomic E-state index is 0.732. The van der Waals surface area contributed by atoms with Crippen LogP contribution in [0.3, 0.4) is 0 Å². The molecule has 0 aromatic heterocycles. The van der Waals surface area contributed by atoms with Crippen molar-refractivity contribution in [2.24, 2.45) is 10.8 Å². The summed E-state index contributed by atoms with van der Waals surface area (Å²) < 4.78 is 0. The molecule has 56 valence electrons. The Hall–Kier alpha value is -0.990. The monoisotopic (exact) mass is 140 g/mol. The summed E-state index contributed by atoms with van der Waals surface area (Å²) in [5, 5.41) is 3.24. The summed E-state index contributed by atoms with van der Waals surface area (Å²) in [7, 11) is 0. The van der Waals surface area contributed by atoms with Gasteiger partial charge in [0.1, 0.15) is 0 Å². The SMILES string of the molecule is [N-]=[N+]=NC=CCCCCN. The van der Waals surface area contributed by atoms with E-state index in [0.29, 0.717) is 0 Å². The maximum absolute atomic E-state index is 7.86. The minimum absolute atomic E-state index is 0.732. The van der Waals surface area contributed by atoms with E-state index in [1.54, 1.807) is 0 Å². The van der Waals surface area contributed by atoms with Crippen LogP contribution in [0.1, 0.15) is 19.3 Å². The van der Waals surface area contributed by atoms with Gasteiger partial charge in [-0.15, -0.1) is 0 Å². The molecule has 0 unspecified atom stereocenters. The first-order valence-electron chi connectivity index (χ1n) is 3.31. The van der Waals surface area contributed by atoms with Crippen molar-refractivity contribution in [1.29, 1.82) is 0 Å². The lowest BCUT2D eigenvalue weighted by Crippen LogP contribution is -1.96. The summed E-state index contributed by atoms with van der Waals surface area (Å²) in [6, 6.07) is 0. The normalized spacial score (nSPS) is 9.70. The second-order valence-corrected chi connectivity index (χ2v) is 1.87. The van der Waals surface area contributed by atoms with Gasteiger partial charge in [0.25, 0.3) is 0 Å². The number of unbranched alkanes of at least 4 members (excludes halogenated alkanes) is 2. The Bertz CT molecular complexity index is 135. The summed E-state index contributed by atoms with van der Waals surface area (Å²) in [6.45, 7) is 0.732. The highest BCUT2D eigenvalue weighted by atomic mass is 15.1. The van der Waals surface area contributed by atoms with E-state index < -0.39 is 0 Å². The third-order valence-electron chi connectivity index (χ3n) is 1.05. The van der Waals surface area contributed by atoms with Gasteiger partial charge in [0.2, 0.25) is 0 Å². The Labute approximate surface area is 60.3 Å². The van der Waals surface area contributed by atoms with Crippen LogP contribution in [-0.4, -0.2) is 6.54 Å². The van der Waals surface area contributed by atoms with Gasteiger partial charge in [-0.1, -0.05) is 11.2 Å². The molecule has 0 spiro atoms. The minimum Gasteiger partial charge on any atom is -0.330 e. The van der Waals surface area contributed by atoms with Crippen molar-refractivity contribution in [2.75, 3.05) is 6.54 Å². The number of nitrogens with zero attached hydrogens (tertiary/aromatic N) is 3. The second kappa shape index (κ2) is 8.01. The van der Waals surface area contributed by atoms with Gasteiger partial charge in [-0.3, -0.25) is 0 Å². The Morgan fingerprint density at radius 1 is 1.50 bits per heavy atom. The number of rotatable bonds is 5. The Morgan fingerprint density at radius 2 is 2.30 bits per heavy atom. The van der Waals surface area contributed by atoms with Crippen LogP contribution >= 0.6 is 0 Å². The molecule has 0 saturated heterocycles. The molecule has 0 heterocycles. The predicted octanol–water partition coefficient (Wildman–Crippen LogP) is 1.94. The molecule has 0 rings (SSSR count). The van der Waals surface area contributed by atoms with Gasteiger partial charge in [0, 0.05) is 4.91 Å². The lowest BCUT2D eigenvalue weighted by atomic mass is 10.2. The topological polar surface area (TPSA) is 74.8 Å². The standard InChI is InChI=1S/C6H12N4/c7-5-3-1-2-4-6-9-10-8/h4,6H,1-3,5,7H2. The third-order valence-corrected chi connectivity index (χ3v) is 1.05. The average Bonchev–Trinajstić information content (AvgIpc) is 1.97. The highest BCUT2D eigenvalue weighted by molar-refractivity contribution is 4.79. The summed E-state index contributed by atoms with van der Waals surface area (Å²) in [5.41, 5.74) is 13.1. The van der Waals surface area contributed by atoms with E-state index in [2.05, 4.69) is 10.0 Å². The second-order valence-electron chi connectivity index (χ2n) is 1.87. The first kappa shape index (κ1) is 9.01. The number of hydrogen-bond donors (Lipinski definition) is 1.